The Hall–Kier alpha value is -0.0400. The summed E-state index contributed by atoms with van der Waals surface area (Å²) in [6.45, 7) is 4.27. The fraction of sp³-hybridized carbons (Fsp3) is 1.00. The Morgan fingerprint density at radius 1 is 1.14 bits per heavy atom. The average Bonchev–Trinajstić information content (AvgIpc) is 2.19. The van der Waals surface area contributed by atoms with Crippen LogP contribution in [0, 0.1) is 5.92 Å². The lowest BCUT2D eigenvalue weighted by molar-refractivity contribution is -0.0253. The molecule has 1 saturated carbocycles. The number of hydrogen-bond donors (Lipinski definition) is 1. The largest absolute Gasteiger partial charge is 0.390 e. The van der Waals surface area contributed by atoms with Gasteiger partial charge in [-0.15, -0.1) is 0 Å². The third-order valence-corrected chi connectivity index (χ3v) is 3.77. The molecule has 1 fully saturated rings. The molecule has 1 unspecified atom stereocenters. The van der Waals surface area contributed by atoms with E-state index in [0.29, 0.717) is 5.92 Å². The van der Waals surface area contributed by atoms with Gasteiger partial charge in [0.25, 0.3) is 0 Å². The first-order valence-corrected chi connectivity index (χ1v) is 6.39. The van der Waals surface area contributed by atoms with Crippen molar-refractivity contribution in [3.63, 3.8) is 0 Å². The van der Waals surface area contributed by atoms with Crippen molar-refractivity contribution in [3.8, 4) is 0 Å². The summed E-state index contributed by atoms with van der Waals surface area (Å²) in [5.41, 5.74) is -0.379. The predicted molar refractivity (Wildman–Crippen MR) is 61.3 cm³/mol. The van der Waals surface area contributed by atoms with Gasteiger partial charge in [0, 0.05) is 0 Å². The van der Waals surface area contributed by atoms with Gasteiger partial charge in [0.05, 0.1) is 5.60 Å². The van der Waals surface area contributed by atoms with Crippen LogP contribution in [0.5, 0.6) is 0 Å². The molecule has 0 amide bonds. The van der Waals surface area contributed by atoms with Gasteiger partial charge in [-0.05, 0) is 32.1 Å². The zero-order valence-electron chi connectivity index (χ0n) is 9.89. The highest BCUT2D eigenvalue weighted by Crippen LogP contribution is 2.35. The Labute approximate surface area is 88.9 Å². The Balaban J connectivity index is 2.29. The average molecular weight is 198 g/mol. The summed E-state index contributed by atoms with van der Waals surface area (Å²) in [5.74, 6) is 0.577. The van der Waals surface area contributed by atoms with Crippen LogP contribution in [0.3, 0.4) is 0 Å². The number of unbranched alkanes of at least 4 members (excludes halogenated alkanes) is 2. The second-order valence-electron chi connectivity index (χ2n) is 5.15. The van der Waals surface area contributed by atoms with Crippen LogP contribution in [0.2, 0.25) is 0 Å². The van der Waals surface area contributed by atoms with Gasteiger partial charge in [0.1, 0.15) is 0 Å². The van der Waals surface area contributed by atoms with Crippen molar-refractivity contribution in [1.82, 2.24) is 0 Å². The molecule has 14 heavy (non-hydrogen) atoms. The van der Waals surface area contributed by atoms with Crippen molar-refractivity contribution in [3.05, 3.63) is 0 Å². The zero-order valence-corrected chi connectivity index (χ0v) is 9.89. The Kier molecular flexibility index (Phi) is 4.94. The summed E-state index contributed by atoms with van der Waals surface area (Å²) in [4.78, 5) is 0. The smallest absolute Gasteiger partial charge is 0.0647 e. The molecule has 0 radical (unpaired) electrons. The van der Waals surface area contributed by atoms with E-state index in [1.54, 1.807) is 0 Å². The molecule has 0 aromatic heterocycles. The fourth-order valence-corrected chi connectivity index (χ4v) is 2.66. The van der Waals surface area contributed by atoms with Crippen LogP contribution in [0.15, 0.2) is 0 Å². The highest BCUT2D eigenvalue weighted by atomic mass is 16.3. The predicted octanol–water partition coefficient (Wildman–Crippen LogP) is 3.90. The molecule has 0 spiro atoms. The quantitative estimate of drug-likeness (QED) is 0.664. The second-order valence-corrected chi connectivity index (χ2v) is 5.15. The van der Waals surface area contributed by atoms with E-state index in [4.69, 9.17) is 0 Å². The molecule has 1 rings (SSSR count). The Bertz CT molecular complexity index is 145. The van der Waals surface area contributed by atoms with Gasteiger partial charge < -0.3 is 5.11 Å². The van der Waals surface area contributed by atoms with E-state index in [1.807, 2.05) is 0 Å². The second kappa shape index (κ2) is 5.75. The van der Waals surface area contributed by atoms with E-state index in [9.17, 15) is 5.11 Å². The first-order valence-electron chi connectivity index (χ1n) is 6.39. The van der Waals surface area contributed by atoms with Crippen LogP contribution in [0.1, 0.15) is 71.6 Å². The van der Waals surface area contributed by atoms with E-state index in [1.165, 1.54) is 51.4 Å². The monoisotopic (exact) mass is 198 g/mol. The number of rotatable bonds is 5. The van der Waals surface area contributed by atoms with E-state index >= 15 is 0 Å². The van der Waals surface area contributed by atoms with Gasteiger partial charge >= 0.3 is 0 Å². The first-order chi connectivity index (χ1) is 6.67. The SMILES string of the molecule is CCCCCC(C)(O)C1CCCCC1. The van der Waals surface area contributed by atoms with Crippen molar-refractivity contribution in [2.45, 2.75) is 77.2 Å². The van der Waals surface area contributed by atoms with Crippen molar-refractivity contribution in [2.75, 3.05) is 0 Å². The molecule has 1 aliphatic rings. The molecular weight excluding hydrogens is 172 g/mol. The third-order valence-electron chi connectivity index (χ3n) is 3.77. The molecule has 1 heteroatoms. The highest BCUT2D eigenvalue weighted by molar-refractivity contribution is 4.83. The van der Waals surface area contributed by atoms with Crippen molar-refractivity contribution in [2.24, 2.45) is 5.92 Å². The highest BCUT2D eigenvalue weighted by Gasteiger charge is 2.31. The van der Waals surface area contributed by atoms with Gasteiger partial charge in [-0.1, -0.05) is 45.4 Å². The molecule has 1 nitrogen and oxygen atoms in total. The van der Waals surface area contributed by atoms with Gasteiger partial charge in [0.15, 0.2) is 0 Å². The minimum atomic E-state index is -0.379. The number of aliphatic hydroxyl groups is 1. The van der Waals surface area contributed by atoms with E-state index in [0.717, 1.165) is 6.42 Å². The van der Waals surface area contributed by atoms with Gasteiger partial charge in [-0.3, -0.25) is 0 Å². The molecule has 0 heterocycles. The van der Waals surface area contributed by atoms with Gasteiger partial charge in [-0.2, -0.15) is 0 Å². The molecule has 0 aliphatic heterocycles. The molecule has 0 bridgehead atoms. The molecule has 0 aromatic rings. The fourth-order valence-electron chi connectivity index (χ4n) is 2.66. The summed E-state index contributed by atoms with van der Waals surface area (Å²) in [5, 5.41) is 10.4. The molecule has 1 atom stereocenters. The van der Waals surface area contributed by atoms with E-state index in [-0.39, 0.29) is 5.60 Å². The molecule has 84 valence electrons. The minimum absolute atomic E-state index is 0.379. The Morgan fingerprint density at radius 2 is 1.79 bits per heavy atom. The van der Waals surface area contributed by atoms with Crippen molar-refractivity contribution in [1.29, 1.82) is 0 Å². The summed E-state index contributed by atoms with van der Waals surface area (Å²) < 4.78 is 0. The van der Waals surface area contributed by atoms with E-state index < -0.39 is 0 Å². The van der Waals surface area contributed by atoms with E-state index in [2.05, 4.69) is 13.8 Å². The molecular formula is C13H26O. The summed E-state index contributed by atoms with van der Waals surface area (Å²) >= 11 is 0. The zero-order chi connectivity index (χ0) is 10.4. The first kappa shape index (κ1) is 12.0. The Morgan fingerprint density at radius 3 is 2.36 bits per heavy atom. The number of hydrogen-bond acceptors (Lipinski definition) is 1. The molecule has 0 saturated heterocycles. The lowest BCUT2D eigenvalue weighted by Crippen LogP contribution is -2.35. The molecule has 0 aromatic carbocycles. The summed E-state index contributed by atoms with van der Waals surface area (Å²) in [7, 11) is 0. The van der Waals surface area contributed by atoms with Crippen LogP contribution < -0.4 is 0 Å². The lowest BCUT2D eigenvalue weighted by atomic mass is 9.75. The summed E-state index contributed by atoms with van der Waals surface area (Å²) in [6, 6.07) is 0. The summed E-state index contributed by atoms with van der Waals surface area (Å²) in [6.07, 6.45) is 11.2. The van der Waals surface area contributed by atoms with Crippen LogP contribution >= 0.6 is 0 Å². The molecule has 1 aliphatic carbocycles. The standard InChI is InChI=1S/C13H26O/c1-3-4-8-11-13(2,14)12-9-6-5-7-10-12/h12,14H,3-11H2,1-2H3. The van der Waals surface area contributed by atoms with Crippen molar-refractivity contribution < 1.29 is 5.11 Å². The van der Waals surface area contributed by atoms with Crippen LogP contribution in [0.4, 0.5) is 0 Å². The van der Waals surface area contributed by atoms with Crippen LogP contribution in [-0.4, -0.2) is 10.7 Å². The van der Waals surface area contributed by atoms with Crippen LogP contribution in [-0.2, 0) is 0 Å². The molecule has 1 N–H and O–H groups in total. The normalized spacial score (nSPS) is 23.4. The maximum absolute atomic E-state index is 10.4. The topological polar surface area (TPSA) is 20.2 Å². The maximum atomic E-state index is 10.4. The maximum Gasteiger partial charge on any atom is 0.0647 e. The third kappa shape index (κ3) is 3.61. The lowest BCUT2D eigenvalue weighted by Gasteiger charge is -2.35. The minimum Gasteiger partial charge on any atom is -0.390 e. The van der Waals surface area contributed by atoms with Crippen molar-refractivity contribution >= 4 is 0 Å². The van der Waals surface area contributed by atoms with Gasteiger partial charge in [0.2, 0.25) is 0 Å². The van der Waals surface area contributed by atoms with Gasteiger partial charge in [-0.25, -0.2) is 0 Å². The van der Waals surface area contributed by atoms with Crippen LogP contribution in [0.25, 0.3) is 0 Å².